The molecule has 6 heteroatoms. The summed E-state index contributed by atoms with van der Waals surface area (Å²) < 4.78 is 12.5. The summed E-state index contributed by atoms with van der Waals surface area (Å²) in [6.07, 6.45) is 9.54. The topological polar surface area (TPSA) is 93.1 Å². The quantitative estimate of drug-likeness (QED) is 0.222. The number of rotatable bonds is 9. The van der Waals surface area contributed by atoms with E-state index in [4.69, 9.17) is 9.47 Å². The summed E-state index contributed by atoms with van der Waals surface area (Å²) in [7, 11) is 0. The molecule has 9 rings (SSSR count). The zero-order valence-corrected chi connectivity index (χ0v) is 28.7. The second-order valence-corrected chi connectivity index (χ2v) is 14.8. The van der Waals surface area contributed by atoms with Gasteiger partial charge in [-0.2, -0.15) is 0 Å². The number of aliphatic hydroxyl groups excluding tert-OH is 1. The number of carbonyl (C=O) groups excluding carboxylic acids is 2. The van der Waals surface area contributed by atoms with Crippen LogP contribution >= 0.6 is 0 Å². The summed E-state index contributed by atoms with van der Waals surface area (Å²) in [5.74, 6) is 0.757. The Hall–Kier alpha value is -4.68. The lowest BCUT2D eigenvalue weighted by Crippen LogP contribution is -2.52. The van der Waals surface area contributed by atoms with Gasteiger partial charge < -0.3 is 19.7 Å². The number of allylic oxidation sites excluding steroid dienone is 5. The molecule has 6 atom stereocenters. The Morgan fingerprint density at radius 1 is 0.920 bits per heavy atom. The Bertz CT molecular complexity index is 1970. The first kappa shape index (κ1) is 32.5. The highest BCUT2D eigenvalue weighted by Crippen LogP contribution is 2.72. The van der Waals surface area contributed by atoms with Crippen molar-refractivity contribution in [1.82, 2.24) is 0 Å². The van der Waals surface area contributed by atoms with Crippen molar-refractivity contribution in [3.63, 3.8) is 0 Å². The number of benzene rings is 3. The molecule has 2 bridgehead atoms. The molecule has 50 heavy (non-hydrogen) atoms. The molecular formula is C44H44O6. The Kier molecular flexibility index (Phi) is 8.39. The van der Waals surface area contributed by atoms with Gasteiger partial charge in [0.25, 0.3) is 0 Å². The van der Waals surface area contributed by atoms with Crippen molar-refractivity contribution >= 4 is 17.5 Å². The van der Waals surface area contributed by atoms with Crippen LogP contribution in [0.15, 0.2) is 119 Å². The van der Waals surface area contributed by atoms with Crippen LogP contribution in [0.25, 0.3) is 16.7 Å². The van der Waals surface area contributed by atoms with E-state index in [1.807, 2.05) is 49.4 Å². The number of hydrogen-bond donors (Lipinski definition) is 2. The van der Waals surface area contributed by atoms with E-state index < -0.39 is 5.41 Å². The molecule has 2 aliphatic heterocycles. The number of phenols is 1. The molecule has 256 valence electrons. The van der Waals surface area contributed by atoms with Gasteiger partial charge >= 0.3 is 11.9 Å². The number of fused-ring (bicyclic) bond motifs is 1. The lowest BCUT2D eigenvalue weighted by molar-refractivity contribution is -0.135. The van der Waals surface area contributed by atoms with Gasteiger partial charge in [0.2, 0.25) is 0 Å². The Balaban J connectivity index is 1.35. The largest absolute Gasteiger partial charge is 0.508 e. The first-order valence-electron chi connectivity index (χ1n) is 18.2. The molecule has 1 saturated heterocycles. The van der Waals surface area contributed by atoms with Crippen LogP contribution in [0.4, 0.5) is 0 Å². The summed E-state index contributed by atoms with van der Waals surface area (Å²) in [5.41, 5.74) is 6.48. The van der Waals surface area contributed by atoms with Crippen molar-refractivity contribution in [1.29, 1.82) is 0 Å². The number of cyclic esters (lactones) is 2. The second-order valence-electron chi connectivity index (χ2n) is 14.8. The number of ether oxygens (including phenoxy) is 2. The molecule has 0 unspecified atom stereocenters. The van der Waals surface area contributed by atoms with Gasteiger partial charge in [0.05, 0.1) is 11.0 Å². The smallest absolute Gasteiger partial charge is 0.340 e. The van der Waals surface area contributed by atoms with Crippen molar-refractivity contribution < 1.29 is 29.3 Å². The van der Waals surface area contributed by atoms with Gasteiger partial charge in [0.1, 0.15) is 17.3 Å². The molecule has 1 saturated carbocycles. The molecular weight excluding hydrogens is 624 g/mol. The van der Waals surface area contributed by atoms with E-state index in [0.717, 1.165) is 53.5 Å². The van der Waals surface area contributed by atoms with Gasteiger partial charge in [-0.05, 0) is 121 Å². The van der Waals surface area contributed by atoms with E-state index in [-0.39, 0.29) is 53.9 Å². The fourth-order valence-electron chi connectivity index (χ4n) is 9.67. The van der Waals surface area contributed by atoms with E-state index in [1.165, 1.54) is 5.56 Å². The number of hydrogen-bond acceptors (Lipinski definition) is 6. The molecule has 0 radical (unpaired) electrons. The first-order chi connectivity index (χ1) is 24.3. The van der Waals surface area contributed by atoms with Gasteiger partial charge in [0.15, 0.2) is 0 Å². The normalized spacial score (nSPS) is 28.0. The molecule has 3 aromatic carbocycles. The number of esters is 2. The summed E-state index contributed by atoms with van der Waals surface area (Å²) >= 11 is 0. The van der Waals surface area contributed by atoms with Crippen molar-refractivity contribution in [2.75, 3.05) is 6.61 Å². The maximum Gasteiger partial charge on any atom is 0.340 e. The molecule has 1 spiro atoms. The van der Waals surface area contributed by atoms with E-state index in [2.05, 4.69) is 49.4 Å². The minimum atomic E-state index is -0.830. The predicted molar refractivity (Wildman–Crippen MR) is 192 cm³/mol. The van der Waals surface area contributed by atoms with Crippen molar-refractivity contribution in [3.05, 3.63) is 130 Å². The monoisotopic (exact) mass is 668 g/mol. The Labute approximate surface area is 293 Å². The molecule has 2 N–H and O–H groups in total. The zero-order valence-electron chi connectivity index (χ0n) is 28.7. The van der Waals surface area contributed by atoms with Crippen LogP contribution in [-0.4, -0.2) is 28.8 Å². The molecule has 4 aliphatic carbocycles. The lowest BCUT2D eigenvalue weighted by atomic mass is 9.44. The van der Waals surface area contributed by atoms with Crippen LogP contribution in [0.3, 0.4) is 0 Å². The van der Waals surface area contributed by atoms with E-state index in [1.54, 1.807) is 6.07 Å². The SMILES string of the molecule is CC[C@H](/C=C1\OC(=O)C2=C(c3cc(O)ccc3-c3ccccc3)[C@@H]3CC[C@@]21[C@H]1C2=C(CC[C@@H]31)C(=CC[C@H](C)CO)OC2=O)Cc1ccccc1. The average molecular weight is 669 g/mol. The maximum absolute atomic E-state index is 14.5. The highest BCUT2D eigenvalue weighted by molar-refractivity contribution is 6.07. The third-order valence-corrected chi connectivity index (χ3v) is 12.0. The molecule has 0 amide bonds. The van der Waals surface area contributed by atoms with Gasteiger partial charge in [0, 0.05) is 23.7 Å². The summed E-state index contributed by atoms with van der Waals surface area (Å²) in [6, 6.07) is 26.0. The van der Waals surface area contributed by atoms with Crippen molar-refractivity contribution in [2.24, 2.45) is 35.0 Å². The maximum atomic E-state index is 14.5. The van der Waals surface area contributed by atoms with Crippen molar-refractivity contribution in [3.8, 4) is 16.9 Å². The number of aliphatic hydroxyl groups is 1. The minimum Gasteiger partial charge on any atom is -0.508 e. The van der Waals surface area contributed by atoms with Gasteiger partial charge in [-0.3, -0.25) is 0 Å². The molecule has 6 aliphatic rings. The van der Waals surface area contributed by atoms with Crippen LogP contribution in [0.1, 0.15) is 63.5 Å². The highest BCUT2D eigenvalue weighted by atomic mass is 16.5. The van der Waals surface area contributed by atoms with Crippen LogP contribution < -0.4 is 0 Å². The summed E-state index contributed by atoms with van der Waals surface area (Å²) in [6.45, 7) is 4.20. The molecule has 2 fully saturated rings. The number of aromatic hydroxyl groups is 1. The predicted octanol–water partition coefficient (Wildman–Crippen LogP) is 8.71. The minimum absolute atomic E-state index is 0.00335. The van der Waals surface area contributed by atoms with Crippen LogP contribution in [-0.2, 0) is 25.5 Å². The van der Waals surface area contributed by atoms with E-state index >= 15 is 0 Å². The van der Waals surface area contributed by atoms with E-state index in [0.29, 0.717) is 41.9 Å². The van der Waals surface area contributed by atoms with Gasteiger partial charge in [-0.1, -0.05) is 80.6 Å². The van der Waals surface area contributed by atoms with Crippen LogP contribution in [0, 0.1) is 35.0 Å². The Morgan fingerprint density at radius 3 is 2.42 bits per heavy atom. The summed E-state index contributed by atoms with van der Waals surface area (Å²) in [4.78, 5) is 28.5. The molecule has 0 aromatic heterocycles. The van der Waals surface area contributed by atoms with Crippen molar-refractivity contribution in [2.45, 2.75) is 58.8 Å². The third-order valence-electron chi connectivity index (χ3n) is 12.0. The van der Waals surface area contributed by atoms with Crippen LogP contribution in [0.5, 0.6) is 5.75 Å². The molecule has 6 nitrogen and oxygen atoms in total. The zero-order chi connectivity index (χ0) is 34.6. The first-order valence-corrected chi connectivity index (χ1v) is 18.2. The fourth-order valence-corrected chi connectivity index (χ4v) is 9.67. The summed E-state index contributed by atoms with van der Waals surface area (Å²) in [5, 5.41) is 20.6. The highest BCUT2D eigenvalue weighted by Gasteiger charge is 2.68. The number of phenolic OH excluding ortho intramolecular Hbond substituents is 1. The van der Waals surface area contributed by atoms with Gasteiger partial charge in [-0.25, -0.2) is 9.59 Å². The fraction of sp³-hybridized carbons (Fsp3) is 0.364. The second kappa shape index (κ2) is 12.9. The molecule has 3 aromatic rings. The van der Waals surface area contributed by atoms with Crippen LogP contribution in [0.2, 0.25) is 0 Å². The van der Waals surface area contributed by atoms with Gasteiger partial charge in [-0.15, -0.1) is 0 Å². The number of carbonyl (C=O) groups is 2. The lowest BCUT2D eigenvalue weighted by Gasteiger charge is -2.56. The van der Waals surface area contributed by atoms with E-state index in [9.17, 15) is 19.8 Å². The average Bonchev–Trinajstić information content (AvgIpc) is 3.63. The molecule has 2 heterocycles. The Morgan fingerprint density at radius 2 is 1.68 bits per heavy atom. The third kappa shape index (κ3) is 5.19. The standard InChI is InChI=1S/C44H44O6/c1-3-27(22-28-10-6-4-7-11-28)23-37-44-21-20-32(33-17-18-34-36(19-14-26(2)25-45)49-42(47)39(34)40(33)44)38(41(44)43(48)50-37)35-24-30(46)15-16-31(35)29-12-8-5-9-13-29/h4-13,15-16,19,23-24,26-27,32-33,40,45-46H,3,14,17-18,20-22,25H2,1-2H3/b36-19?,37-23-/t26-,27-,32+,33-,40+,44+/m0/s1.